The average Bonchev–Trinajstić information content (AvgIpc) is 2.56. The second-order valence-electron chi connectivity index (χ2n) is 5.40. The first-order chi connectivity index (χ1) is 12.7. The molecule has 10 heteroatoms. The summed E-state index contributed by atoms with van der Waals surface area (Å²) in [6.07, 6.45) is 0. The van der Waals surface area contributed by atoms with Gasteiger partial charge in [0, 0.05) is 19.2 Å². The van der Waals surface area contributed by atoms with Crippen LogP contribution >= 0.6 is 34.8 Å². The Morgan fingerprint density at radius 1 is 1.11 bits per heavy atom. The lowest BCUT2D eigenvalue weighted by Crippen LogP contribution is -2.04. The molecule has 0 aliphatic carbocycles. The van der Waals surface area contributed by atoms with Crippen LogP contribution in [0.1, 0.15) is 12.5 Å². The summed E-state index contributed by atoms with van der Waals surface area (Å²) in [5, 5.41) is 12.7. The number of anilines is 3. The number of nitrogens with one attached hydrogen (secondary N) is 1. The van der Waals surface area contributed by atoms with Crippen molar-refractivity contribution in [3.8, 4) is 0 Å². The number of nitrogens with two attached hydrogens (primary N) is 2. The Hall–Kier alpha value is -2.48. The number of carboxylic acids is 1. The second-order valence-corrected chi connectivity index (χ2v) is 6.59. The van der Waals surface area contributed by atoms with Gasteiger partial charge >= 0.3 is 0 Å². The Morgan fingerprint density at radius 2 is 1.78 bits per heavy atom. The fraction of sp³-hybridized carbons (Fsp3) is 0.118. The summed E-state index contributed by atoms with van der Waals surface area (Å²) in [5.74, 6) is -0.457. The molecule has 7 nitrogen and oxygen atoms in total. The molecule has 0 bridgehead atoms. The number of aliphatic carboxylic acids is 1. The minimum atomic E-state index is -0.833. The quantitative estimate of drug-likeness (QED) is 0.485. The van der Waals surface area contributed by atoms with Gasteiger partial charge in [-0.1, -0.05) is 40.9 Å². The minimum Gasteiger partial charge on any atom is -0.481 e. The normalized spacial score (nSPS) is 10.2. The van der Waals surface area contributed by atoms with Crippen LogP contribution in [-0.4, -0.2) is 21.0 Å². The van der Waals surface area contributed by atoms with E-state index < -0.39 is 5.97 Å². The van der Waals surface area contributed by atoms with Crippen molar-refractivity contribution in [1.82, 2.24) is 9.97 Å². The van der Waals surface area contributed by atoms with Crippen molar-refractivity contribution in [2.24, 2.45) is 0 Å². The van der Waals surface area contributed by atoms with Crippen LogP contribution in [0.5, 0.6) is 0 Å². The van der Waals surface area contributed by atoms with Gasteiger partial charge in [0.2, 0.25) is 5.95 Å². The molecule has 1 aromatic heterocycles. The number of carbonyl (C=O) groups is 1. The number of aromatic nitrogens is 2. The number of rotatable bonds is 3. The summed E-state index contributed by atoms with van der Waals surface area (Å²) in [6.45, 7) is 1.57. The molecule has 27 heavy (non-hydrogen) atoms. The topological polar surface area (TPSA) is 127 Å². The molecule has 0 unspecified atom stereocenters. The number of nitrogens with zero attached hydrogens (tertiary/aromatic N) is 2. The standard InChI is InChI=1S/C15H12Cl3N5.C2H4O2/c16-9-3-2-8(5-10(9)17)21-6-7-1-4-11-12(13(7)18)14(19)23-15(20)22-11;1-2(3)4/h1-5,21H,6H2,(H4,19,20,22,23);1H3,(H,3,4). The van der Waals surface area contributed by atoms with Crippen molar-refractivity contribution in [2.45, 2.75) is 13.5 Å². The molecule has 1 heterocycles. The largest absolute Gasteiger partial charge is 0.481 e. The lowest BCUT2D eigenvalue weighted by Gasteiger charge is -2.11. The molecule has 142 valence electrons. The highest BCUT2D eigenvalue weighted by Gasteiger charge is 2.11. The molecule has 6 N–H and O–H groups in total. The summed E-state index contributed by atoms with van der Waals surface area (Å²) in [4.78, 5) is 17.1. The molecule has 3 aromatic rings. The van der Waals surface area contributed by atoms with E-state index in [4.69, 9.17) is 56.2 Å². The van der Waals surface area contributed by atoms with E-state index >= 15 is 0 Å². The van der Waals surface area contributed by atoms with Crippen LogP contribution in [0.2, 0.25) is 15.1 Å². The third-order valence-electron chi connectivity index (χ3n) is 3.33. The molecule has 0 amide bonds. The number of fused-ring (bicyclic) bond motifs is 1. The second kappa shape index (κ2) is 8.94. The number of benzene rings is 2. The molecule has 2 aromatic carbocycles. The summed E-state index contributed by atoms with van der Waals surface area (Å²) >= 11 is 18.3. The summed E-state index contributed by atoms with van der Waals surface area (Å²) in [5.41, 5.74) is 13.8. The van der Waals surface area contributed by atoms with Crippen molar-refractivity contribution >= 4 is 69.1 Å². The van der Waals surface area contributed by atoms with Gasteiger partial charge in [-0.15, -0.1) is 0 Å². The molecular formula is C17H16Cl3N5O2. The van der Waals surface area contributed by atoms with Crippen molar-refractivity contribution in [3.05, 3.63) is 51.0 Å². The first-order valence-electron chi connectivity index (χ1n) is 7.57. The minimum absolute atomic E-state index is 0.118. The van der Waals surface area contributed by atoms with E-state index in [-0.39, 0.29) is 11.8 Å². The summed E-state index contributed by atoms with van der Waals surface area (Å²) in [6, 6.07) is 8.98. The first kappa shape index (κ1) is 20.8. The molecule has 3 rings (SSSR count). The summed E-state index contributed by atoms with van der Waals surface area (Å²) in [7, 11) is 0. The zero-order valence-corrected chi connectivity index (χ0v) is 16.4. The number of halogens is 3. The highest BCUT2D eigenvalue weighted by atomic mass is 35.5. The molecule has 0 spiro atoms. The maximum absolute atomic E-state index is 9.00. The zero-order chi connectivity index (χ0) is 20.1. The first-order valence-corrected chi connectivity index (χ1v) is 8.71. The van der Waals surface area contributed by atoms with Gasteiger partial charge in [-0.05, 0) is 29.8 Å². The Morgan fingerprint density at radius 3 is 2.41 bits per heavy atom. The van der Waals surface area contributed by atoms with Gasteiger partial charge in [-0.2, -0.15) is 4.98 Å². The third kappa shape index (κ3) is 5.50. The Balaban J connectivity index is 0.000000596. The van der Waals surface area contributed by atoms with Gasteiger partial charge in [0.05, 0.1) is 26.0 Å². The number of hydrogen-bond acceptors (Lipinski definition) is 6. The molecule has 0 saturated heterocycles. The predicted octanol–water partition coefficient (Wildman–Crippen LogP) is 4.46. The van der Waals surface area contributed by atoms with Crippen LogP contribution in [-0.2, 0) is 11.3 Å². The smallest absolute Gasteiger partial charge is 0.300 e. The maximum atomic E-state index is 9.00. The highest BCUT2D eigenvalue weighted by Crippen LogP contribution is 2.31. The Bertz CT molecular complexity index is 994. The number of hydrogen-bond donors (Lipinski definition) is 4. The van der Waals surface area contributed by atoms with Crippen LogP contribution in [0.4, 0.5) is 17.5 Å². The highest BCUT2D eigenvalue weighted by molar-refractivity contribution is 6.42. The van der Waals surface area contributed by atoms with Crippen LogP contribution in [0.3, 0.4) is 0 Å². The van der Waals surface area contributed by atoms with Crippen molar-refractivity contribution in [1.29, 1.82) is 0 Å². The Labute approximate surface area is 170 Å². The van der Waals surface area contributed by atoms with Gasteiger partial charge in [-0.25, -0.2) is 4.98 Å². The van der Waals surface area contributed by atoms with Crippen LogP contribution in [0.25, 0.3) is 10.9 Å². The lowest BCUT2D eigenvalue weighted by atomic mass is 10.1. The van der Waals surface area contributed by atoms with Crippen molar-refractivity contribution < 1.29 is 9.90 Å². The SMILES string of the molecule is CC(=O)O.Nc1nc(N)c2c(Cl)c(CNc3ccc(Cl)c(Cl)c3)ccc2n1. The zero-order valence-electron chi connectivity index (χ0n) is 14.1. The van der Waals surface area contributed by atoms with Gasteiger partial charge < -0.3 is 21.9 Å². The van der Waals surface area contributed by atoms with Crippen molar-refractivity contribution in [3.63, 3.8) is 0 Å². The fourth-order valence-electron chi connectivity index (χ4n) is 2.21. The van der Waals surface area contributed by atoms with E-state index in [0.717, 1.165) is 18.2 Å². The number of nitrogen functional groups attached to an aromatic ring is 2. The van der Waals surface area contributed by atoms with E-state index in [0.29, 0.717) is 32.5 Å². The van der Waals surface area contributed by atoms with Gasteiger partial charge in [0.15, 0.2) is 0 Å². The van der Waals surface area contributed by atoms with Gasteiger partial charge in [0.25, 0.3) is 5.97 Å². The maximum Gasteiger partial charge on any atom is 0.300 e. The molecule has 0 radical (unpaired) electrons. The molecule has 0 fully saturated rings. The van der Waals surface area contributed by atoms with E-state index in [9.17, 15) is 0 Å². The van der Waals surface area contributed by atoms with E-state index in [1.54, 1.807) is 12.1 Å². The van der Waals surface area contributed by atoms with E-state index in [1.807, 2.05) is 18.2 Å². The lowest BCUT2D eigenvalue weighted by molar-refractivity contribution is -0.134. The van der Waals surface area contributed by atoms with Crippen LogP contribution in [0.15, 0.2) is 30.3 Å². The van der Waals surface area contributed by atoms with Crippen LogP contribution < -0.4 is 16.8 Å². The molecule has 0 aliphatic rings. The van der Waals surface area contributed by atoms with E-state index in [1.165, 1.54) is 0 Å². The Kier molecular flexibility index (Phi) is 6.90. The van der Waals surface area contributed by atoms with Gasteiger partial charge in [0.1, 0.15) is 5.82 Å². The van der Waals surface area contributed by atoms with Crippen molar-refractivity contribution in [2.75, 3.05) is 16.8 Å². The molecule has 0 saturated carbocycles. The fourth-order valence-corrected chi connectivity index (χ4v) is 2.84. The number of carboxylic acid groups (broad SMARTS) is 1. The average molecular weight is 429 g/mol. The van der Waals surface area contributed by atoms with Gasteiger partial charge in [-0.3, -0.25) is 4.79 Å². The molecule has 0 aliphatic heterocycles. The van der Waals surface area contributed by atoms with E-state index in [2.05, 4.69) is 15.3 Å². The monoisotopic (exact) mass is 427 g/mol. The summed E-state index contributed by atoms with van der Waals surface area (Å²) < 4.78 is 0. The molecular weight excluding hydrogens is 413 g/mol. The molecule has 0 atom stereocenters. The predicted molar refractivity (Wildman–Crippen MR) is 110 cm³/mol. The van der Waals surface area contributed by atoms with Crippen LogP contribution in [0, 0.1) is 0 Å². The third-order valence-corrected chi connectivity index (χ3v) is 4.50.